The summed E-state index contributed by atoms with van der Waals surface area (Å²) in [7, 11) is 0. The van der Waals surface area contributed by atoms with Crippen molar-refractivity contribution >= 4 is 5.97 Å². The van der Waals surface area contributed by atoms with E-state index in [1.54, 1.807) is 0 Å². The summed E-state index contributed by atoms with van der Waals surface area (Å²) >= 11 is 0. The van der Waals surface area contributed by atoms with Crippen LogP contribution in [0.25, 0.3) is 0 Å². The maximum Gasteiger partial charge on any atom is 0.303 e. The lowest BCUT2D eigenvalue weighted by Crippen LogP contribution is -2.21. The van der Waals surface area contributed by atoms with Gasteiger partial charge in [-0.05, 0) is 37.5 Å². The van der Waals surface area contributed by atoms with Crippen LogP contribution < -0.4 is 0 Å². The van der Waals surface area contributed by atoms with Crippen molar-refractivity contribution in [2.45, 2.75) is 45.4 Å². The molecule has 0 heterocycles. The Morgan fingerprint density at radius 3 is 2.77 bits per heavy atom. The second-order valence-corrected chi connectivity index (χ2v) is 4.28. The first kappa shape index (κ1) is 10.3. The van der Waals surface area contributed by atoms with E-state index in [9.17, 15) is 4.79 Å². The summed E-state index contributed by atoms with van der Waals surface area (Å²) in [5.74, 6) is -0.660. The Labute approximate surface area is 79.6 Å². The summed E-state index contributed by atoms with van der Waals surface area (Å²) < 4.78 is 0. The number of rotatable bonds is 2. The average molecular weight is 182 g/mol. The third-order valence-electron chi connectivity index (χ3n) is 2.81. The maximum atomic E-state index is 10.7. The zero-order chi connectivity index (χ0) is 9.73. The maximum absolute atomic E-state index is 10.7. The highest BCUT2D eigenvalue weighted by atomic mass is 16.4. The van der Waals surface area contributed by atoms with Gasteiger partial charge in [0.1, 0.15) is 0 Å². The largest absolute Gasteiger partial charge is 0.481 e. The van der Waals surface area contributed by atoms with Gasteiger partial charge in [0.2, 0.25) is 0 Å². The van der Waals surface area contributed by atoms with Crippen LogP contribution in [-0.2, 0) is 4.79 Å². The fourth-order valence-electron chi connectivity index (χ4n) is 1.98. The van der Waals surface area contributed by atoms with Crippen LogP contribution in [0.1, 0.15) is 45.4 Å². The molecule has 2 nitrogen and oxygen atoms in total. The molecule has 0 amide bonds. The summed E-state index contributed by atoms with van der Waals surface area (Å²) in [5, 5.41) is 8.78. The molecule has 1 aliphatic carbocycles. The molecule has 0 saturated carbocycles. The Bertz CT molecular complexity index is 208. The lowest BCUT2D eigenvalue weighted by atomic mass is 9.77. The zero-order valence-electron chi connectivity index (χ0n) is 8.25. The minimum absolute atomic E-state index is 0.0244. The Hall–Kier alpha value is -0.790. The smallest absolute Gasteiger partial charge is 0.303 e. The molecule has 1 rings (SSSR count). The molecular weight excluding hydrogens is 164 g/mol. The van der Waals surface area contributed by atoms with Gasteiger partial charge in [0.25, 0.3) is 0 Å². The third kappa shape index (κ3) is 3.62. The van der Waals surface area contributed by atoms with Crippen LogP contribution >= 0.6 is 0 Å². The molecule has 0 saturated heterocycles. The number of carboxylic acid groups (broad SMARTS) is 1. The van der Waals surface area contributed by atoms with Gasteiger partial charge in [-0.3, -0.25) is 4.79 Å². The summed E-state index contributed by atoms with van der Waals surface area (Å²) in [5.41, 5.74) is 0.0244. The molecule has 74 valence electrons. The van der Waals surface area contributed by atoms with E-state index in [-0.39, 0.29) is 5.41 Å². The van der Waals surface area contributed by atoms with Gasteiger partial charge < -0.3 is 5.11 Å². The standard InChI is InChI=1S/C11H18O2/c1-11(9-10(12)13)7-5-3-2-4-6-8-11/h2-3H,4-9H2,1H3,(H,12,13)/b3-2+. The predicted molar refractivity (Wildman–Crippen MR) is 52.6 cm³/mol. The highest BCUT2D eigenvalue weighted by molar-refractivity contribution is 5.67. The Balaban J connectivity index is 2.53. The van der Waals surface area contributed by atoms with E-state index in [2.05, 4.69) is 19.1 Å². The molecule has 1 N–H and O–H groups in total. The van der Waals surface area contributed by atoms with E-state index in [0.29, 0.717) is 6.42 Å². The minimum Gasteiger partial charge on any atom is -0.481 e. The molecule has 0 aliphatic heterocycles. The topological polar surface area (TPSA) is 37.3 Å². The van der Waals surface area contributed by atoms with Gasteiger partial charge in [-0.2, -0.15) is 0 Å². The summed E-state index contributed by atoms with van der Waals surface area (Å²) in [6.45, 7) is 2.10. The van der Waals surface area contributed by atoms with Crippen molar-refractivity contribution in [3.05, 3.63) is 12.2 Å². The fourth-order valence-corrected chi connectivity index (χ4v) is 1.98. The molecule has 0 radical (unpaired) electrons. The lowest BCUT2D eigenvalue weighted by Gasteiger charge is -2.28. The summed E-state index contributed by atoms with van der Waals surface area (Å²) in [4.78, 5) is 10.7. The second-order valence-electron chi connectivity index (χ2n) is 4.28. The van der Waals surface area contributed by atoms with E-state index in [4.69, 9.17) is 5.11 Å². The van der Waals surface area contributed by atoms with Crippen molar-refractivity contribution in [1.29, 1.82) is 0 Å². The molecule has 13 heavy (non-hydrogen) atoms. The predicted octanol–water partition coefficient (Wildman–Crippen LogP) is 2.99. The molecule has 1 aliphatic rings. The number of carbonyl (C=O) groups is 1. The SMILES string of the molecule is CC1(CC(=O)O)CC/C=C/CCC1. The van der Waals surface area contributed by atoms with Gasteiger partial charge in [0.15, 0.2) is 0 Å². The van der Waals surface area contributed by atoms with Crippen LogP contribution in [0.4, 0.5) is 0 Å². The van der Waals surface area contributed by atoms with Gasteiger partial charge in [0, 0.05) is 0 Å². The number of carboxylic acids is 1. The van der Waals surface area contributed by atoms with Crippen LogP contribution in [0.5, 0.6) is 0 Å². The Morgan fingerprint density at radius 1 is 1.38 bits per heavy atom. The molecule has 1 atom stereocenters. The fraction of sp³-hybridized carbons (Fsp3) is 0.727. The molecular formula is C11H18O2. The quantitative estimate of drug-likeness (QED) is 0.666. The van der Waals surface area contributed by atoms with Gasteiger partial charge in [0.05, 0.1) is 6.42 Å². The summed E-state index contributed by atoms with van der Waals surface area (Å²) in [6, 6.07) is 0. The van der Waals surface area contributed by atoms with Crippen molar-refractivity contribution in [3.63, 3.8) is 0 Å². The Kier molecular flexibility index (Phi) is 3.52. The molecule has 0 fully saturated rings. The van der Waals surface area contributed by atoms with E-state index < -0.39 is 5.97 Å². The number of aliphatic carboxylic acids is 1. The van der Waals surface area contributed by atoms with Crippen molar-refractivity contribution in [2.75, 3.05) is 0 Å². The van der Waals surface area contributed by atoms with Gasteiger partial charge in [-0.15, -0.1) is 0 Å². The average Bonchev–Trinajstić information content (AvgIpc) is 1.97. The van der Waals surface area contributed by atoms with Gasteiger partial charge in [-0.1, -0.05) is 19.1 Å². The van der Waals surface area contributed by atoms with Crippen molar-refractivity contribution in [1.82, 2.24) is 0 Å². The number of hydrogen-bond acceptors (Lipinski definition) is 1. The van der Waals surface area contributed by atoms with E-state index in [0.717, 1.165) is 32.1 Å². The van der Waals surface area contributed by atoms with Gasteiger partial charge >= 0.3 is 5.97 Å². The van der Waals surface area contributed by atoms with E-state index in [1.807, 2.05) is 0 Å². The van der Waals surface area contributed by atoms with Crippen molar-refractivity contribution in [3.8, 4) is 0 Å². The second kappa shape index (κ2) is 4.45. The van der Waals surface area contributed by atoms with Crippen molar-refractivity contribution in [2.24, 2.45) is 5.41 Å². The van der Waals surface area contributed by atoms with Crippen molar-refractivity contribution < 1.29 is 9.90 Å². The molecule has 0 aromatic carbocycles. The minimum atomic E-state index is -0.660. The third-order valence-corrected chi connectivity index (χ3v) is 2.81. The molecule has 1 unspecified atom stereocenters. The highest BCUT2D eigenvalue weighted by Gasteiger charge is 2.26. The first-order valence-electron chi connectivity index (χ1n) is 4.99. The van der Waals surface area contributed by atoms with Crippen LogP contribution in [0.2, 0.25) is 0 Å². The molecule has 2 heteroatoms. The van der Waals surface area contributed by atoms with Crippen LogP contribution in [0, 0.1) is 5.41 Å². The first-order chi connectivity index (χ1) is 6.12. The Morgan fingerprint density at radius 2 is 2.08 bits per heavy atom. The van der Waals surface area contributed by atoms with E-state index >= 15 is 0 Å². The molecule has 0 aromatic heterocycles. The van der Waals surface area contributed by atoms with Crippen LogP contribution in [0.15, 0.2) is 12.2 Å². The highest BCUT2D eigenvalue weighted by Crippen LogP contribution is 2.35. The zero-order valence-corrected chi connectivity index (χ0v) is 8.25. The molecule has 0 bridgehead atoms. The molecule has 0 spiro atoms. The lowest BCUT2D eigenvalue weighted by molar-refractivity contribution is -0.139. The first-order valence-corrected chi connectivity index (χ1v) is 4.99. The van der Waals surface area contributed by atoms with Crippen LogP contribution in [-0.4, -0.2) is 11.1 Å². The van der Waals surface area contributed by atoms with Crippen LogP contribution in [0.3, 0.4) is 0 Å². The number of allylic oxidation sites excluding steroid dienone is 2. The number of hydrogen-bond donors (Lipinski definition) is 1. The van der Waals surface area contributed by atoms with Gasteiger partial charge in [-0.25, -0.2) is 0 Å². The monoisotopic (exact) mass is 182 g/mol. The molecule has 0 aromatic rings. The normalized spacial score (nSPS) is 31.8. The van der Waals surface area contributed by atoms with E-state index in [1.165, 1.54) is 0 Å². The summed E-state index contributed by atoms with van der Waals surface area (Å²) in [6.07, 6.45) is 10.0.